The van der Waals surface area contributed by atoms with Crippen LogP contribution in [-0.2, 0) is 5.88 Å². The number of rotatable bonds is 3. The summed E-state index contributed by atoms with van der Waals surface area (Å²) in [4.78, 5) is 0. The Labute approximate surface area is 82.1 Å². The molecule has 1 aliphatic rings. The molecule has 0 amide bonds. The van der Waals surface area contributed by atoms with E-state index in [1.807, 2.05) is 12.1 Å². The van der Waals surface area contributed by atoms with Gasteiger partial charge in [-0.25, -0.2) is 0 Å². The molecule has 3 nitrogen and oxygen atoms in total. The van der Waals surface area contributed by atoms with Crippen LogP contribution in [0, 0.1) is 0 Å². The Morgan fingerprint density at radius 1 is 1.38 bits per heavy atom. The lowest BCUT2D eigenvalue weighted by Gasteiger charge is -2.25. The molecule has 0 aromatic carbocycles. The van der Waals surface area contributed by atoms with E-state index in [0.717, 1.165) is 18.5 Å². The molecule has 0 saturated heterocycles. The molecule has 70 valence electrons. The van der Waals surface area contributed by atoms with Crippen molar-refractivity contribution in [2.45, 2.75) is 31.2 Å². The normalized spacial score (nSPS) is 16.7. The van der Waals surface area contributed by atoms with E-state index in [1.165, 1.54) is 6.42 Å². The Hall–Kier alpha value is -0.830. The van der Waals surface area contributed by atoms with Gasteiger partial charge in [0.15, 0.2) is 0 Å². The van der Waals surface area contributed by atoms with Gasteiger partial charge < -0.3 is 4.74 Å². The minimum absolute atomic E-state index is 0.358. The molecular weight excluding hydrogens is 188 g/mol. The van der Waals surface area contributed by atoms with Crippen molar-refractivity contribution in [2.75, 3.05) is 0 Å². The smallest absolute Gasteiger partial charge is 0.233 e. The van der Waals surface area contributed by atoms with Gasteiger partial charge in [-0.1, -0.05) is 0 Å². The Kier molecular flexibility index (Phi) is 2.64. The molecule has 2 rings (SSSR count). The summed E-state index contributed by atoms with van der Waals surface area (Å²) in [6, 6.07) is 3.66. The highest BCUT2D eigenvalue weighted by Gasteiger charge is 2.19. The number of alkyl halides is 1. The van der Waals surface area contributed by atoms with Gasteiger partial charge in [0.2, 0.25) is 5.88 Å². The number of aromatic nitrogens is 2. The first kappa shape index (κ1) is 8.75. The van der Waals surface area contributed by atoms with Gasteiger partial charge in [0.1, 0.15) is 6.10 Å². The summed E-state index contributed by atoms with van der Waals surface area (Å²) >= 11 is 5.58. The van der Waals surface area contributed by atoms with Crippen LogP contribution in [0.25, 0.3) is 0 Å². The largest absolute Gasteiger partial charge is 0.473 e. The van der Waals surface area contributed by atoms with Crippen LogP contribution in [-0.4, -0.2) is 16.3 Å². The number of hydrogen-bond donors (Lipinski definition) is 0. The van der Waals surface area contributed by atoms with Gasteiger partial charge in [-0.2, -0.15) is 5.10 Å². The molecular formula is C9H11ClN2O. The molecule has 0 aliphatic heterocycles. The maximum atomic E-state index is 5.58. The first-order valence-corrected chi connectivity index (χ1v) is 4.97. The van der Waals surface area contributed by atoms with Gasteiger partial charge in [0.05, 0.1) is 11.6 Å². The van der Waals surface area contributed by atoms with Crippen LogP contribution in [0.2, 0.25) is 0 Å². The van der Waals surface area contributed by atoms with E-state index in [4.69, 9.17) is 16.3 Å². The molecule has 4 heteroatoms. The summed E-state index contributed by atoms with van der Waals surface area (Å²) in [5.74, 6) is 1.01. The van der Waals surface area contributed by atoms with Crippen LogP contribution in [0.5, 0.6) is 5.88 Å². The van der Waals surface area contributed by atoms with Crippen molar-refractivity contribution >= 4 is 11.6 Å². The lowest BCUT2D eigenvalue weighted by atomic mass is 9.96. The summed E-state index contributed by atoms with van der Waals surface area (Å²) in [5, 5.41) is 7.82. The molecule has 1 heterocycles. The molecule has 0 unspecified atom stereocenters. The maximum Gasteiger partial charge on any atom is 0.233 e. The highest BCUT2D eigenvalue weighted by atomic mass is 35.5. The topological polar surface area (TPSA) is 35.0 Å². The third-order valence-corrected chi connectivity index (χ3v) is 2.45. The van der Waals surface area contributed by atoms with Crippen molar-refractivity contribution in [3.63, 3.8) is 0 Å². The van der Waals surface area contributed by atoms with Crippen molar-refractivity contribution in [3.05, 3.63) is 17.8 Å². The molecule has 1 aromatic rings. The van der Waals surface area contributed by atoms with Crippen LogP contribution in [0.4, 0.5) is 0 Å². The number of ether oxygens (including phenoxy) is 1. The minimum atomic E-state index is 0.358. The van der Waals surface area contributed by atoms with Gasteiger partial charge >= 0.3 is 0 Å². The SMILES string of the molecule is ClCc1ccc(OC2CCC2)nn1. The van der Waals surface area contributed by atoms with E-state index in [9.17, 15) is 0 Å². The zero-order valence-corrected chi connectivity index (χ0v) is 8.00. The molecule has 1 saturated carbocycles. The second kappa shape index (κ2) is 3.92. The molecule has 0 spiro atoms. The lowest BCUT2D eigenvalue weighted by molar-refractivity contribution is 0.113. The maximum absolute atomic E-state index is 5.58. The van der Waals surface area contributed by atoms with E-state index < -0.39 is 0 Å². The number of nitrogens with zero attached hydrogens (tertiary/aromatic N) is 2. The fraction of sp³-hybridized carbons (Fsp3) is 0.556. The van der Waals surface area contributed by atoms with E-state index in [2.05, 4.69) is 10.2 Å². The first-order valence-electron chi connectivity index (χ1n) is 4.44. The zero-order chi connectivity index (χ0) is 9.10. The molecule has 0 bridgehead atoms. The van der Waals surface area contributed by atoms with Crippen LogP contribution >= 0.6 is 11.6 Å². The lowest BCUT2D eigenvalue weighted by Crippen LogP contribution is -2.25. The van der Waals surface area contributed by atoms with Gasteiger partial charge in [0.25, 0.3) is 0 Å². The number of halogens is 1. The second-order valence-electron chi connectivity index (χ2n) is 3.17. The monoisotopic (exact) mass is 198 g/mol. The van der Waals surface area contributed by atoms with Crippen molar-refractivity contribution in [1.82, 2.24) is 10.2 Å². The second-order valence-corrected chi connectivity index (χ2v) is 3.43. The van der Waals surface area contributed by atoms with Crippen molar-refractivity contribution in [3.8, 4) is 5.88 Å². The van der Waals surface area contributed by atoms with Crippen LogP contribution < -0.4 is 4.74 Å². The third-order valence-electron chi connectivity index (χ3n) is 2.17. The summed E-state index contributed by atoms with van der Waals surface area (Å²) in [5.41, 5.74) is 0.780. The molecule has 0 atom stereocenters. The Bertz CT molecular complexity index is 271. The van der Waals surface area contributed by atoms with E-state index in [1.54, 1.807) is 0 Å². The van der Waals surface area contributed by atoms with E-state index >= 15 is 0 Å². The predicted octanol–water partition coefficient (Wildman–Crippen LogP) is 2.15. The zero-order valence-electron chi connectivity index (χ0n) is 7.24. The average Bonchev–Trinajstić information content (AvgIpc) is 2.12. The molecule has 13 heavy (non-hydrogen) atoms. The van der Waals surface area contributed by atoms with Gasteiger partial charge in [-0.05, 0) is 25.3 Å². The summed E-state index contributed by atoms with van der Waals surface area (Å²) in [7, 11) is 0. The fourth-order valence-electron chi connectivity index (χ4n) is 1.14. The molecule has 1 fully saturated rings. The van der Waals surface area contributed by atoms with Crippen LogP contribution in [0.3, 0.4) is 0 Å². The Balaban J connectivity index is 1.96. The van der Waals surface area contributed by atoms with Crippen LogP contribution in [0.1, 0.15) is 25.0 Å². The highest BCUT2D eigenvalue weighted by molar-refractivity contribution is 6.16. The molecule has 0 N–H and O–H groups in total. The third kappa shape index (κ3) is 2.10. The van der Waals surface area contributed by atoms with E-state index in [0.29, 0.717) is 17.9 Å². The van der Waals surface area contributed by atoms with Gasteiger partial charge in [0, 0.05) is 6.07 Å². The number of hydrogen-bond acceptors (Lipinski definition) is 3. The predicted molar refractivity (Wildman–Crippen MR) is 49.9 cm³/mol. The fourth-order valence-corrected chi connectivity index (χ4v) is 1.28. The molecule has 1 aromatic heterocycles. The summed E-state index contributed by atoms with van der Waals surface area (Å²) in [6.45, 7) is 0. The molecule has 0 radical (unpaired) electrons. The highest BCUT2D eigenvalue weighted by Crippen LogP contribution is 2.23. The quantitative estimate of drug-likeness (QED) is 0.699. The Morgan fingerprint density at radius 3 is 2.69 bits per heavy atom. The molecule has 1 aliphatic carbocycles. The standard InChI is InChI=1S/C9H11ClN2O/c10-6-7-4-5-9(12-11-7)13-8-2-1-3-8/h4-5,8H,1-3,6H2. The average molecular weight is 199 g/mol. The van der Waals surface area contributed by atoms with Crippen molar-refractivity contribution in [2.24, 2.45) is 0 Å². The van der Waals surface area contributed by atoms with E-state index in [-0.39, 0.29) is 0 Å². The van der Waals surface area contributed by atoms with Gasteiger partial charge in [-0.15, -0.1) is 16.7 Å². The van der Waals surface area contributed by atoms with Gasteiger partial charge in [-0.3, -0.25) is 0 Å². The Morgan fingerprint density at radius 2 is 2.23 bits per heavy atom. The van der Waals surface area contributed by atoms with Crippen molar-refractivity contribution < 1.29 is 4.74 Å². The van der Waals surface area contributed by atoms with Crippen LogP contribution in [0.15, 0.2) is 12.1 Å². The minimum Gasteiger partial charge on any atom is -0.473 e. The van der Waals surface area contributed by atoms with Crippen molar-refractivity contribution in [1.29, 1.82) is 0 Å². The summed E-state index contributed by atoms with van der Waals surface area (Å²) < 4.78 is 5.53. The summed E-state index contributed by atoms with van der Waals surface area (Å²) in [6.07, 6.45) is 3.89. The first-order chi connectivity index (χ1) is 6.38.